The molecule has 4 aromatic heterocycles. The summed E-state index contributed by atoms with van der Waals surface area (Å²) in [5.74, 6) is 0.241. The van der Waals surface area contributed by atoms with Crippen molar-refractivity contribution in [3.8, 4) is 22.8 Å². The van der Waals surface area contributed by atoms with Crippen LogP contribution >= 0.6 is 0 Å². The van der Waals surface area contributed by atoms with Crippen LogP contribution in [-0.2, 0) is 35.2 Å². The minimum Gasteiger partial charge on any atom is -0.461 e. The molecule has 0 spiro atoms. The molecule has 4 heterocycles. The summed E-state index contributed by atoms with van der Waals surface area (Å²) >= 11 is 0. The van der Waals surface area contributed by atoms with Gasteiger partial charge in [-0.3, -0.25) is 10.2 Å². The van der Waals surface area contributed by atoms with Gasteiger partial charge in [-0.2, -0.15) is 10.2 Å². The summed E-state index contributed by atoms with van der Waals surface area (Å²) in [6.45, 7) is 8.22. The summed E-state index contributed by atoms with van der Waals surface area (Å²) in [5.41, 5.74) is 9.30. The van der Waals surface area contributed by atoms with E-state index in [0.29, 0.717) is 60.7 Å². The van der Waals surface area contributed by atoms with Gasteiger partial charge in [-0.05, 0) is 74.9 Å². The highest BCUT2D eigenvalue weighted by Crippen LogP contribution is 2.34. The van der Waals surface area contributed by atoms with E-state index in [9.17, 15) is 9.59 Å². The van der Waals surface area contributed by atoms with Gasteiger partial charge >= 0.3 is 11.9 Å². The predicted octanol–water partition coefficient (Wildman–Crippen LogP) is 6.80. The van der Waals surface area contributed by atoms with Gasteiger partial charge in [0.1, 0.15) is 22.8 Å². The second-order valence-corrected chi connectivity index (χ2v) is 11.4. The van der Waals surface area contributed by atoms with Crippen LogP contribution in [0.25, 0.3) is 22.8 Å². The lowest BCUT2D eigenvalue weighted by atomic mass is 9.93. The van der Waals surface area contributed by atoms with Crippen LogP contribution in [0.3, 0.4) is 0 Å². The van der Waals surface area contributed by atoms with Gasteiger partial charge in [0.15, 0.2) is 0 Å². The zero-order valence-corrected chi connectivity index (χ0v) is 29.5. The molecule has 8 rings (SSSR count). The molecule has 0 radical (unpaired) electrons. The maximum Gasteiger partial charge on any atom is 0.356 e. The highest BCUT2D eigenvalue weighted by Gasteiger charge is 2.29. The Labute approximate surface area is 300 Å². The number of carbonyl (C=O) groups is 2. The van der Waals surface area contributed by atoms with Gasteiger partial charge in [0.2, 0.25) is 11.9 Å². The second kappa shape index (κ2) is 16.5. The lowest BCUT2D eigenvalue weighted by Crippen LogP contribution is -2.12. The first-order valence-corrected chi connectivity index (χ1v) is 17.4. The summed E-state index contributed by atoms with van der Waals surface area (Å²) in [6, 6.07) is 19.5. The molecule has 0 saturated carbocycles. The number of fused-ring (bicyclic) bond motifs is 6. The summed E-state index contributed by atoms with van der Waals surface area (Å²) in [6.07, 6.45) is 6.58. The number of esters is 2. The molecule has 0 atom stereocenters. The lowest BCUT2D eigenvalue weighted by Gasteiger charge is -2.15. The molecule has 2 aromatic carbocycles. The van der Waals surface area contributed by atoms with Crippen LogP contribution < -0.4 is 10.6 Å². The van der Waals surface area contributed by atoms with Crippen LogP contribution in [0.4, 0.5) is 23.3 Å². The molecule has 0 bridgehead atoms. The topological polar surface area (TPSA) is 186 Å². The molecule has 266 valence electrons. The third kappa shape index (κ3) is 7.65. The number of rotatable bonds is 8. The van der Waals surface area contributed by atoms with E-state index in [2.05, 4.69) is 51.0 Å². The maximum absolute atomic E-state index is 12.1. The number of carbonyl (C=O) groups excluding carboxylic acids is 2. The average molecular weight is 701 g/mol. The molecule has 52 heavy (non-hydrogen) atoms. The highest BCUT2D eigenvalue weighted by atomic mass is 16.5. The number of hydrogen-bond donors (Lipinski definition) is 4. The minimum atomic E-state index is -0.378. The predicted molar refractivity (Wildman–Crippen MR) is 197 cm³/mol. The van der Waals surface area contributed by atoms with Crippen LogP contribution in [0, 0.1) is 0 Å². The molecule has 2 aliphatic carbocycles. The Morgan fingerprint density at radius 3 is 1.40 bits per heavy atom. The molecule has 0 unspecified atom stereocenters. The first-order valence-electron chi connectivity index (χ1n) is 17.4. The zero-order valence-electron chi connectivity index (χ0n) is 29.5. The largest absolute Gasteiger partial charge is 0.461 e. The smallest absolute Gasteiger partial charge is 0.356 e. The Bertz CT molecular complexity index is 2000. The molecular formula is C38H40N10O4. The normalized spacial score (nSPS) is 11.8. The SMILES string of the molecule is CC.CCOC(=O)c1[nH]nc2c1CCc1cnc(Nc3ccccc3)nc1-2.CCOC(=O)c1[nH]nc2c1CCc1cnc(Nc3ccccc3)nc1-2. The van der Waals surface area contributed by atoms with Crippen molar-refractivity contribution in [1.29, 1.82) is 0 Å². The number of para-hydroxylation sites is 2. The first-order chi connectivity index (χ1) is 25.5. The summed E-state index contributed by atoms with van der Waals surface area (Å²) in [5, 5.41) is 20.6. The van der Waals surface area contributed by atoms with Gasteiger partial charge in [0.25, 0.3) is 0 Å². The molecule has 2 aliphatic rings. The van der Waals surface area contributed by atoms with E-state index >= 15 is 0 Å². The molecule has 14 heteroatoms. The van der Waals surface area contributed by atoms with Crippen molar-refractivity contribution in [3.05, 3.63) is 107 Å². The summed E-state index contributed by atoms with van der Waals surface area (Å²) < 4.78 is 10.2. The monoisotopic (exact) mass is 700 g/mol. The third-order valence-corrected chi connectivity index (χ3v) is 8.22. The fraction of sp³-hybridized carbons (Fsp3) is 0.263. The van der Waals surface area contributed by atoms with Crippen molar-refractivity contribution >= 4 is 35.2 Å². The van der Waals surface area contributed by atoms with Crippen molar-refractivity contribution in [2.24, 2.45) is 0 Å². The van der Waals surface area contributed by atoms with Crippen LogP contribution in [0.15, 0.2) is 73.1 Å². The van der Waals surface area contributed by atoms with Crippen LogP contribution in [0.2, 0.25) is 0 Å². The number of ether oxygens (including phenoxy) is 2. The maximum atomic E-state index is 12.1. The summed E-state index contributed by atoms with van der Waals surface area (Å²) in [4.78, 5) is 42.1. The van der Waals surface area contributed by atoms with E-state index in [1.807, 2.05) is 86.9 Å². The number of aryl methyl sites for hydroxylation is 2. The van der Waals surface area contributed by atoms with Crippen molar-refractivity contribution in [2.45, 2.75) is 53.4 Å². The van der Waals surface area contributed by atoms with E-state index < -0.39 is 0 Å². The first kappa shape index (κ1) is 35.4. The van der Waals surface area contributed by atoms with E-state index in [1.165, 1.54) is 0 Å². The van der Waals surface area contributed by atoms with E-state index in [0.717, 1.165) is 57.9 Å². The van der Waals surface area contributed by atoms with Gasteiger partial charge in [0.05, 0.1) is 24.6 Å². The number of benzene rings is 2. The highest BCUT2D eigenvalue weighted by molar-refractivity contribution is 5.92. The molecular weight excluding hydrogens is 660 g/mol. The fourth-order valence-electron chi connectivity index (χ4n) is 5.88. The summed E-state index contributed by atoms with van der Waals surface area (Å²) in [7, 11) is 0. The van der Waals surface area contributed by atoms with Crippen molar-refractivity contribution < 1.29 is 19.1 Å². The molecule has 0 aliphatic heterocycles. The quantitative estimate of drug-likeness (QED) is 0.122. The van der Waals surface area contributed by atoms with E-state index in [-0.39, 0.29) is 11.9 Å². The second-order valence-electron chi connectivity index (χ2n) is 11.4. The third-order valence-electron chi connectivity index (χ3n) is 8.22. The van der Waals surface area contributed by atoms with Crippen LogP contribution in [0.1, 0.15) is 70.9 Å². The zero-order chi connectivity index (χ0) is 36.5. The van der Waals surface area contributed by atoms with E-state index in [1.54, 1.807) is 13.8 Å². The average Bonchev–Trinajstić information content (AvgIpc) is 3.83. The molecule has 4 N–H and O–H groups in total. The van der Waals surface area contributed by atoms with Gasteiger partial charge in [-0.1, -0.05) is 50.2 Å². The van der Waals surface area contributed by atoms with Gasteiger partial charge in [0, 0.05) is 34.9 Å². The Hall–Kier alpha value is -6.44. The Morgan fingerprint density at radius 2 is 1.02 bits per heavy atom. The molecule has 6 aromatic rings. The van der Waals surface area contributed by atoms with E-state index in [4.69, 9.17) is 9.47 Å². The van der Waals surface area contributed by atoms with Crippen LogP contribution in [-0.4, -0.2) is 65.5 Å². The fourth-order valence-corrected chi connectivity index (χ4v) is 5.88. The number of nitrogens with zero attached hydrogens (tertiary/aromatic N) is 6. The van der Waals surface area contributed by atoms with Crippen molar-refractivity contribution in [2.75, 3.05) is 23.8 Å². The number of aromatic nitrogens is 8. The van der Waals surface area contributed by atoms with Gasteiger partial charge in [-0.25, -0.2) is 29.5 Å². The Kier molecular flexibility index (Phi) is 11.2. The van der Waals surface area contributed by atoms with Gasteiger partial charge in [-0.15, -0.1) is 0 Å². The molecule has 0 fully saturated rings. The standard InChI is InChI=1S/2C18H17N5O2.C2H6/c2*1-2-25-17(24)16-13-9-8-11-10-19-18(20-12-6-4-3-5-7-12)21-14(11)15(13)22-23-16;1-2/h2*3-7,10H,2,8-9H2,1H3,(H,22,23)(H,19,20,21);1-2H3. The molecule has 0 saturated heterocycles. The van der Waals surface area contributed by atoms with Crippen molar-refractivity contribution in [1.82, 2.24) is 40.3 Å². The van der Waals surface area contributed by atoms with Gasteiger partial charge < -0.3 is 20.1 Å². The number of hydrogen-bond acceptors (Lipinski definition) is 12. The number of H-pyrrole nitrogens is 2. The van der Waals surface area contributed by atoms with Crippen LogP contribution in [0.5, 0.6) is 0 Å². The Morgan fingerprint density at radius 1 is 0.615 bits per heavy atom. The number of nitrogens with one attached hydrogen (secondary N) is 4. The lowest BCUT2D eigenvalue weighted by molar-refractivity contribution is 0.0508. The number of anilines is 4. The Balaban J connectivity index is 0.000000171. The molecule has 0 amide bonds. The number of aromatic amines is 2. The van der Waals surface area contributed by atoms with Crippen molar-refractivity contribution in [3.63, 3.8) is 0 Å². The molecule has 14 nitrogen and oxygen atoms in total. The minimum absolute atomic E-state index is 0.330.